The van der Waals surface area contributed by atoms with E-state index in [0.717, 1.165) is 25.7 Å². The summed E-state index contributed by atoms with van der Waals surface area (Å²) >= 11 is 5.93. The molecule has 1 heterocycles. The van der Waals surface area contributed by atoms with Gasteiger partial charge in [-0.1, -0.05) is 30.5 Å². The van der Waals surface area contributed by atoms with Gasteiger partial charge in [0.25, 0.3) is 0 Å². The Morgan fingerprint density at radius 1 is 1.21 bits per heavy atom. The molecule has 4 nitrogen and oxygen atoms in total. The lowest BCUT2D eigenvalue weighted by molar-refractivity contribution is -0.124. The summed E-state index contributed by atoms with van der Waals surface area (Å²) in [6, 6.07) is 6.50. The number of halogens is 1. The van der Waals surface area contributed by atoms with Crippen molar-refractivity contribution in [3.8, 4) is 0 Å². The van der Waals surface area contributed by atoms with Gasteiger partial charge in [-0.05, 0) is 31.0 Å². The lowest BCUT2D eigenvalue weighted by Gasteiger charge is -2.39. The number of hydrogen-bond acceptors (Lipinski definition) is 2. The molecule has 0 spiro atoms. The van der Waals surface area contributed by atoms with Crippen LogP contribution in [0.25, 0.3) is 0 Å². The molecule has 1 aromatic rings. The number of nitrogens with zero attached hydrogens (tertiary/aromatic N) is 1. The fourth-order valence-electron chi connectivity index (χ4n) is 2.95. The Kier molecular flexibility index (Phi) is 3.19. The molecule has 1 N–H and O–H groups in total. The SMILES string of the molecule is O=C1N[C@@H]2CCCC[C@H]2C(=O)N1c1cccc(Cl)c1. The number of amides is 3. The van der Waals surface area contributed by atoms with E-state index in [4.69, 9.17) is 11.6 Å². The van der Waals surface area contributed by atoms with Crippen molar-refractivity contribution >= 4 is 29.2 Å². The quantitative estimate of drug-likeness (QED) is 0.859. The summed E-state index contributed by atoms with van der Waals surface area (Å²) in [6.45, 7) is 0. The summed E-state index contributed by atoms with van der Waals surface area (Å²) in [7, 11) is 0. The average Bonchev–Trinajstić information content (AvgIpc) is 2.39. The molecule has 0 bridgehead atoms. The summed E-state index contributed by atoms with van der Waals surface area (Å²) in [6.07, 6.45) is 3.87. The fourth-order valence-corrected chi connectivity index (χ4v) is 3.13. The Balaban J connectivity index is 1.93. The molecule has 0 aromatic heterocycles. The Morgan fingerprint density at radius 2 is 2.00 bits per heavy atom. The van der Waals surface area contributed by atoms with Gasteiger partial charge in [-0.2, -0.15) is 0 Å². The highest BCUT2D eigenvalue weighted by atomic mass is 35.5. The van der Waals surface area contributed by atoms with E-state index in [1.807, 2.05) is 0 Å². The van der Waals surface area contributed by atoms with Crippen LogP contribution < -0.4 is 10.2 Å². The van der Waals surface area contributed by atoms with Crippen molar-refractivity contribution in [1.29, 1.82) is 0 Å². The van der Waals surface area contributed by atoms with Crippen molar-refractivity contribution in [2.24, 2.45) is 5.92 Å². The summed E-state index contributed by atoms with van der Waals surface area (Å²) in [5.41, 5.74) is 0.541. The first-order valence-electron chi connectivity index (χ1n) is 6.57. The monoisotopic (exact) mass is 278 g/mol. The van der Waals surface area contributed by atoms with Crippen LogP contribution in [0.1, 0.15) is 25.7 Å². The maximum atomic E-state index is 12.5. The number of hydrogen-bond donors (Lipinski definition) is 1. The van der Waals surface area contributed by atoms with E-state index in [1.54, 1.807) is 24.3 Å². The summed E-state index contributed by atoms with van der Waals surface area (Å²) in [5, 5.41) is 3.46. The van der Waals surface area contributed by atoms with Crippen LogP contribution in [0.3, 0.4) is 0 Å². The zero-order valence-electron chi connectivity index (χ0n) is 10.4. The first kappa shape index (κ1) is 12.5. The molecule has 3 amide bonds. The van der Waals surface area contributed by atoms with Crippen molar-refractivity contribution in [1.82, 2.24) is 5.32 Å². The van der Waals surface area contributed by atoms with Gasteiger partial charge in [-0.15, -0.1) is 0 Å². The molecule has 1 aromatic carbocycles. The van der Waals surface area contributed by atoms with E-state index in [-0.39, 0.29) is 23.9 Å². The molecular weight excluding hydrogens is 264 g/mol. The number of carbonyl (C=O) groups excluding carboxylic acids is 2. The van der Waals surface area contributed by atoms with E-state index in [1.165, 1.54) is 4.90 Å². The van der Waals surface area contributed by atoms with Crippen LogP contribution >= 0.6 is 11.6 Å². The Hall–Kier alpha value is -1.55. The Labute approximate surface area is 116 Å². The maximum absolute atomic E-state index is 12.5. The Bertz CT molecular complexity index is 532. The van der Waals surface area contributed by atoms with Gasteiger partial charge in [0.2, 0.25) is 5.91 Å². The van der Waals surface area contributed by atoms with Crippen LogP contribution in [-0.2, 0) is 4.79 Å². The molecule has 5 heteroatoms. The van der Waals surface area contributed by atoms with Gasteiger partial charge in [0.05, 0.1) is 11.6 Å². The normalized spacial score (nSPS) is 26.9. The lowest BCUT2D eigenvalue weighted by atomic mass is 9.82. The van der Waals surface area contributed by atoms with Crippen LogP contribution in [-0.4, -0.2) is 18.0 Å². The number of benzene rings is 1. The molecule has 0 radical (unpaired) electrons. The largest absolute Gasteiger partial charge is 0.334 e. The minimum Gasteiger partial charge on any atom is -0.334 e. The van der Waals surface area contributed by atoms with Gasteiger partial charge in [0.1, 0.15) is 0 Å². The third kappa shape index (κ3) is 2.21. The molecule has 1 saturated carbocycles. The van der Waals surface area contributed by atoms with Crippen LogP contribution in [0.5, 0.6) is 0 Å². The molecule has 19 heavy (non-hydrogen) atoms. The number of urea groups is 1. The summed E-state index contributed by atoms with van der Waals surface area (Å²) in [5.74, 6) is -0.193. The molecule has 3 rings (SSSR count). The minimum atomic E-state index is -0.338. The number of rotatable bonds is 1. The van der Waals surface area contributed by atoms with Gasteiger partial charge >= 0.3 is 6.03 Å². The topological polar surface area (TPSA) is 49.4 Å². The number of imide groups is 1. The van der Waals surface area contributed by atoms with Crippen molar-refractivity contribution in [2.75, 3.05) is 4.90 Å². The van der Waals surface area contributed by atoms with Gasteiger partial charge in [-0.25, -0.2) is 9.69 Å². The number of nitrogens with one attached hydrogen (secondary N) is 1. The van der Waals surface area contributed by atoms with Gasteiger partial charge in [-0.3, -0.25) is 4.79 Å². The van der Waals surface area contributed by atoms with Gasteiger partial charge in [0.15, 0.2) is 0 Å². The zero-order valence-corrected chi connectivity index (χ0v) is 11.2. The highest BCUT2D eigenvalue weighted by Crippen LogP contribution is 2.32. The van der Waals surface area contributed by atoms with Crippen molar-refractivity contribution in [3.63, 3.8) is 0 Å². The Morgan fingerprint density at radius 3 is 2.79 bits per heavy atom. The first-order valence-corrected chi connectivity index (χ1v) is 6.94. The van der Waals surface area contributed by atoms with E-state index in [0.29, 0.717) is 10.7 Å². The van der Waals surface area contributed by atoms with Gasteiger partial charge in [0, 0.05) is 11.1 Å². The van der Waals surface area contributed by atoms with Crippen molar-refractivity contribution in [3.05, 3.63) is 29.3 Å². The van der Waals surface area contributed by atoms with Crippen LogP contribution in [0, 0.1) is 5.92 Å². The first-order chi connectivity index (χ1) is 9.16. The van der Waals surface area contributed by atoms with Crippen LogP contribution in [0.15, 0.2) is 24.3 Å². The molecular formula is C14H15ClN2O2. The van der Waals surface area contributed by atoms with Crippen molar-refractivity contribution < 1.29 is 9.59 Å². The molecule has 2 aliphatic rings. The molecule has 2 atom stereocenters. The molecule has 1 aliphatic carbocycles. The smallest absolute Gasteiger partial charge is 0.328 e. The standard InChI is InChI=1S/C14H15ClN2O2/c15-9-4-3-5-10(8-9)17-13(18)11-6-1-2-7-12(11)16-14(17)19/h3-5,8,11-12H,1-2,6-7H2,(H,16,19)/t11-,12-/m1/s1. The van der Waals surface area contributed by atoms with E-state index >= 15 is 0 Å². The predicted octanol–water partition coefficient (Wildman–Crippen LogP) is 2.96. The van der Waals surface area contributed by atoms with E-state index in [2.05, 4.69) is 5.32 Å². The molecule has 1 saturated heterocycles. The highest BCUT2D eigenvalue weighted by molar-refractivity contribution is 6.31. The number of fused-ring (bicyclic) bond motifs is 1. The molecule has 1 aliphatic heterocycles. The van der Waals surface area contributed by atoms with Crippen LogP contribution in [0.4, 0.5) is 10.5 Å². The number of carbonyl (C=O) groups is 2. The van der Waals surface area contributed by atoms with Gasteiger partial charge < -0.3 is 5.32 Å². The molecule has 100 valence electrons. The van der Waals surface area contributed by atoms with E-state index < -0.39 is 0 Å². The second-order valence-electron chi connectivity index (χ2n) is 5.10. The second-order valence-corrected chi connectivity index (χ2v) is 5.54. The minimum absolute atomic E-state index is 0.00387. The third-order valence-electron chi connectivity index (χ3n) is 3.88. The molecule has 2 fully saturated rings. The van der Waals surface area contributed by atoms with E-state index in [9.17, 15) is 9.59 Å². The third-order valence-corrected chi connectivity index (χ3v) is 4.12. The number of anilines is 1. The zero-order chi connectivity index (χ0) is 13.4. The maximum Gasteiger partial charge on any atom is 0.328 e. The second kappa shape index (κ2) is 4.85. The van der Waals surface area contributed by atoms with Crippen molar-refractivity contribution in [2.45, 2.75) is 31.7 Å². The highest BCUT2D eigenvalue weighted by Gasteiger charge is 2.42. The molecule has 0 unspecified atom stereocenters. The fraction of sp³-hybridized carbons (Fsp3) is 0.429. The predicted molar refractivity (Wildman–Crippen MR) is 73.2 cm³/mol. The van der Waals surface area contributed by atoms with Crippen LogP contribution in [0.2, 0.25) is 5.02 Å². The summed E-state index contributed by atoms with van der Waals surface area (Å²) in [4.78, 5) is 25.8. The lowest BCUT2D eigenvalue weighted by Crippen LogP contribution is -2.61. The summed E-state index contributed by atoms with van der Waals surface area (Å²) < 4.78 is 0. The average molecular weight is 279 g/mol.